The largest absolute Gasteiger partial charge is 0.329 e. The van der Waals surface area contributed by atoms with Crippen molar-refractivity contribution in [1.29, 1.82) is 0 Å². The van der Waals surface area contributed by atoms with E-state index >= 15 is 0 Å². The molecule has 0 saturated heterocycles. The molecule has 0 saturated carbocycles. The van der Waals surface area contributed by atoms with Gasteiger partial charge in [-0.3, -0.25) is 0 Å². The highest BCUT2D eigenvalue weighted by Crippen LogP contribution is 1.82. The summed E-state index contributed by atoms with van der Waals surface area (Å²) in [5.74, 6) is 0. The van der Waals surface area contributed by atoms with Crippen molar-refractivity contribution in [2.75, 3.05) is 46.8 Å². The smallest absolute Gasteiger partial charge is 0.0292 e. The molecule has 7 N–H and O–H groups in total. The van der Waals surface area contributed by atoms with Gasteiger partial charge in [-0.15, -0.1) is 0 Å². The summed E-state index contributed by atoms with van der Waals surface area (Å²) in [6.07, 6.45) is 0. The summed E-state index contributed by atoms with van der Waals surface area (Å²) in [6, 6.07) is 0.134. The van der Waals surface area contributed by atoms with Gasteiger partial charge in [-0.05, 0) is 20.6 Å². The molecule has 0 aromatic carbocycles. The molecule has 0 aliphatic carbocycles. The third-order valence-electron chi connectivity index (χ3n) is 1.78. The van der Waals surface area contributed by atoms with Crippen molar-refractivity contribution < 1.29 is 0 Å². The van der Waals surface area contributed by atoms with Crippen LogP contribution in [0.1, 0.15) is 6.92 Å². The Morgan fingerprint density at radius 2 is 1.93 bits per heavy atom. The maximum absolute atomic E-state index is 5.58. The summed E-state index contributed by atoms with van der Waals surface area (Å²) in [5, 5.41) is 2.89. The summed E-state index contributed by atoms with van der Waals surface area (Å²) in [5.41, 5.74) is 16.0. The van der Waals surface area contributed by atoms with Crippen molar-refractivity contribution in [3.63, 3.8) is 0 Å². The number of likely N-dealkylation sites (N-methyl/N-ethyl adjacent to an activating group) is 2. The van der Waals surface area contributed by atoms with E-state index in [1.807, 2.05) is 14.1 Å². The van der Waals surface area contributed by atoms with Gasteiger partial charge in [0.25, 0.3) is 0 Å². The molecule has 1 unspecified atom stereocenters. The number of nitrogens with two attached hydrogens (primary N) is 3. The van der Waals surface area contributed by atoms with Gasteiger partial charge in [0.2, 0.25) is 0 Å². The Hall–Kier alpha value is -0.200. The van der Waals surface area contributed by atoms with E-state index in [-0.39, 0.29) is 6.04 Å². The number of rotatable bonds is 6. The van der Waals surface area contributed by atoms with Crippen molar-refractivity contribution in [1.82, 2.24) is 10.2 Å². The van der Waals surface area contributed by atoms with Crippen LogP contribution in [0.2, 0.25) is 0 Å². The molecule has 0 bridgehead atoms. The van der Waals surface area contributed by atoms with E-state index in [1.54, 1.807) is 0 Å². The van der Waals surface area contributed by atoms with Crippen LogP contribution in [0.4, 0.5) is 0 Å². The van der Waals surface area contributed by atoms with Crippen molar-refractivity contribution in [3.05, 3.63) is 0 Å². The van der Waals surface area contributed by atoms with Crippen LogP contribution in [0.15, 0.2) is 0 Å². The molecule has 0 aromatic rings. The van der Waals surface area contributed by atoms with Crippen molar-refractivity contribution in [2.45, 2.75) is 13.0 Å². The molecule has 0 fully saturated rings. The van der Waals surface area contributed by atoms with Gasteiger partial charge in [-0.1, -0.05) is 6.92 Å². The molecule has 5 nitrogen and oxygen atoms in total. The van der Waals surface area contributed by atoms with Gasteiger partial charge in [-0.25, -0.2) is 0 Å². The third kappa shape index (κ3) is 14.3. The molecule has 0 spiro atoms. The SMILES string of the molecule is CCN(C)CC(N)CN.CNCCN. The molecule has 0 radical (unpaired) electrons. The van der Waals surface area contributed by atoms with Crippen LogP contribution in [0.25, 0.3) is 0 Å². The Bertz CT molecular complexity index is 89.2. The molecule has 14 heavy (non-hydrogen) atoms. The Morgan fingerprint density at radius 1 is 1.36 bits per heavy atom. The summed E-state index contributed by atoms with van der Waals surface area (Å²) in [6.45, 7) is 6.25. The maximum Gasteiger partial charge on any atom is 0.0292 e. The summed E-state index contributed by atoms with van der Waals surface area (Å²) >= 11 is 0. The average Bonchev–Trinajstić information content (AvgIpc) is 2.19. The zero-order valence-corrected chi connectivity index (χ0v) is 9.79. The fourth-order valence-electron chi connectivity index (χ4n) is 0.748. The second-order valence-electron chi connectivity index (χ2n) is 3.24. The lowest BCUT2D eigenvalue weighted by molar-refractivity contribution is 0.328. The van der Waals surface area contributed by atoms with Crippen molar-refractivity contribution in [3.8, 4) is 0 Å². The highest BCUT2D eigenvalue weighted by Gasteiger charge is 2.00. The number of hydrogen-bond acceptors (Lipinski definition) is 5. The Morgan fingerprint density at radius 3 is 2.14 bits per heavy atom. The molecule has 88 valence electrons. The summed E-state index contributed by atoms with van der Waals surface area (Å²) in [4.78, 5) is 2.15. The molecule has 0 aromatic heterocycles. The standard InChI is InChI=1S/C6H17N3.C3H10N2/c1-3-9(2)5-6(8)4-7;1-5-3-2-4/h6H,3-5,7-8H2,1-2H3;5H,2-4H2,1H3. The first-order valence-corrected chi connectivity index (χ1v) is 5.11. The van der Waals surface area contributed by atoms with E-state index in [2.05, 4.69) is 17.1 Å². The molecule has 5 heteroatoms. The quantitative estimate of drug-likeness (QED) is 0.418. The second kappa shape index (κ2) is 12.8. The number of nitrogens with one attached hydrogen (secondary N) is 1. The predicted octanol–water partition coefficient (Wildman–Crippen LogP) is -1.61. The van der Waals surface area contributed by atoms with E-state index < -0.39 is 0 Å². The van der Waals surface area contributed by atoms with Crippen LogP contribution in [0.5, 0.6) is 0 Å². The lowest BCUT2D eigenvalue weighted by atomic mass is 10.3. The van der Waals surface area contributed by atoms with Gasteiger partial charge in [-0.2, -0.15) is 0 Å². The van der Waals surface area contributed by atoms with Crippen LogP contribution in [-0.2, 0) is 0 Å². The minimum absolute atomic E-state index is 0.134. The number of hydrogen-bond donors (Lipinski definition) is 4. The van der Waals surface area contributed by atoms with Crippen LogP contribution < -0.4 is 22.5 Å². The lowest BCUT2D eigenvalue weighted by Crippen LogP contribution is -2.40. The van der Waals surface area contributed by atoms with Crippen LogP contribution >= 0.6 is 0 Å². The predicted molar refractivity (Wildman–Crippen MR) is 63.2 cm³/mol. The molecule has 0 aliphatic heterocycles. The zero-order chi connectivity index (χ0) is 11.4. The van der Waals surface area contributed by atoms with Gasteiger partial charge < -0.3 is 27.4 Å². The van der Waals surface area contributed by atoms with Crippen LogP contribution in [0, 0.1) is 0 Å². The normalized spacial score (nSPS) is 12.2. The minimum atomic E-state index is 0.134. The van der Waals surface area contributed by atoms with Gasteiger partial charge in [0.1, 0.15) is 0 Å². The highest BCUT2D eigenvalue weighted by molar-refractivity contribution is 4.64. The van der Waals surface area contributed by atoms with E-state index in [0.29, 0.717) is 6.54 Å². The lowest BCUT2D eigenvalue weighted by Gasteiger charge is -2.17. The average molecular weight is 205 g/mol. The van der Waals surface area contributed by atoms with Crippen molar-refractivity contribution in [2.24, 2.45) is 17.2 Å². The van der Waals surface area contributed by atoms with E-state index in [4.69, 9.17) is 17.2 Å². The molecule has 0 rings (SSSR count). The molecular weight excluding hydrogens is 178 g/mol. The molecule has 0 aliphatic rings. The zero-order valence-electron chi connectivity index (χ0n) is 9.79. The number of nitrogens with zero attached hydrogens (tertiary/aromatic N) is 1. The Labute approximate surface area is 88.0 Å². The van der Waals surface area contributed by atoms with Crippen LogP contribution in [0.3, 0.4) is 0 Å². The van der Waals surface area contributed by atoms with E-state index in [9.17, 15) is 0 Å². The monoisotopic (exact) mass is 205 g/mol. The summed E-state index contributed by atoms with van der Waals surface area (Å²) in [7, 11) is 3.92. The molecule has 1 atom stereocenters. The summed E-state index contributed by atoms with van der Waals surface area (Å²) < 4.78 is 0. The van der Waals surface area contributed by atoms with E-state index in [1.165, 1.54) is 0 Å². The second-order valence-corrected chi connectivity index (χ2v) is 3.24. The van der Waals surface area contributed by atoms with E-state index in [0.717, 1.165) is 26.2 Å². The van der Waals surface area contributed by atoms with Gasteiger partial charge in [0.05, 0.1) is 0 Å². The fourth-order valence-corrected chi connectivity index (χ4v) is 0.748. The maximum atomic E-state index is 5.58. The topological polar surface area (TPSA) is 93.3 Å². The molecular formula is C9H27N5. The van der Waals surface area contributed by atoms with Gasteiger partial charge >= 0.3 is 0 Å². The first kappa shape index (κ1) is 16.2. The van der Waals surface area contributed by atoms with Crippen molar-refractivity contribution >= 4 is 0 Å². The van der Waals surface area contributed by atoms with Gasteiger partial charge in [0, 0.05) is 32.2 Å². The Kier molecular flexibility index (Phi) is 14.8. The molecule has 0 heterocycles. The van der Waals surface area contributed by atoms with Crippen LogP contribution in [-0.4, -0.2) is 57.8 Å². The molecule has 0 amide bonds. The first-order chi connectivity index (χ1) is 6.62. The van der Waals surface area contributed by atoms with Gasteiger partial charge in [0.15, 0.2) is 0 Å². The Balaban J connectivity index is 0. The highest BCUT2D eigenvalue weighted by atomic mass is 15.1. The minimum Gasteiger partial charge on any atom is -0.329 e. The fraction of sp³-hybridized carbons (Fsp3) is 1.00. The first-order valence-electron chi connectivity index (χ1n) is 5.11. The third-order valence-corrected chi connectivity index (χ3v) is 1.78.